The standard InChI is InChI=1S/C15H21F5OSi/c1-5-6-7-8-9(2)21-22(3,4)15-13(19)11(17)10(16)12(18)14(15)20/h9H,5-8H2,1-4H3. The van der Waals surface area contributed by atoms with E-state index >= 15 is 0 Å². The summed E-state index contributed by atoms with van der Waals surface area (Å²) in [6.07, 6.45) is 3.28. The maximum atomic E-state index is 13.9. The van der Waals surface area contributed by atoms with Gasteiger partial charge in [-0.1, -0.05) is 26.2 Å². The molecular weight excluding hydrogens is 319 g/mol. The van der Waals surface area contributed by atoms with Crippen LogP contribution in [0.4, 0.5) is 22.0 Å². The summed E-state index contributed by atoms with van der Waals surface area (Å²) in [5.41, 5.74) is 0. The first kappa shape index (κ1) is 19.1. The van der Waals surface area contributed by atoms with Crippen LogP contribution in [0.2, 0.25) is 13.1 Å². The van der Waals surface area contributed by atoms with Gasteiger partial charge >= 0.3 is 0 Å². The highest BCUT2D eigenvalue weighted by Gasteiger charge is 2.38. The lowest BCUT2D eigenvalue weighted by Gasteiger charge is -2.28. The van der Waals surface area contributed by atoms with Crippen molar-refractivity contribution in [2.45, 2.75) is 58.7 Å². The van der Waals surface area contributed by atoms with E-state index in [1.54, 1.807) is 6.92 Å². The Morgan fingerprint density at radius 3 is 1.77 bits per heavy atom. The van der Waals surface area contributed by atoms with E-state index in [1.807, 2.05) is 6.92 Å². The highest BCUT2D eigenvalue weighted by molar-refractivity contribution is 6.84. The summed E-state index contributed by atoms with van der Waals surface area (Å²) in [6.45, 7) is 6.65. The second-order valence-corrected chi connectivity index (χ2v) is 9.64. The molecule has 22 heavy (non-hydrogen) atoms. The van der Waals surface area contributed by atoms with E-state index in [0.29, 0.717) is 6.42 Å². The number of benzene rings is 1. The molecule has 0 amide bonds. The van der Waals surface area contributed by atoms with Gasteiger partial charge in [-0.25, -0.2) is 22.0 Å². The van der Waals surface area contributed by atoms with Crippen LogP contribution in [0.5, 0.6) is 0 Å². The maximum Gasteiger partial charge on any atom is 0.225 e. The topological polar surface area (TPSA) is 9.23 Å². The molecule has 1 nitrogen and oxygen atoms in total. The monoisotopic (exact) mass is 340 g/mol. The van der Waals surface area contributed by atoms with Gasteiger partial charge in [0, 0.05) is 11.3 Å². The van der Waals surface area contributed by atoms with Gasteiger partial charge in [-0.2, -0.15) is 0 Å². The van der Waals surface area contributed by atoms with Gasteiger partial charge in [0.1, 0.15) is 0 Å². The second-order valence-electron chi connectivity index (χ2n) is 5.88. The van der Waals surface area contributed by atoms with Crippen LogP contribution in [0.15, 0.2) is 0 Å². The lowest BCUT2D eigenvalue weighted by Crippen LogP contribution is -2.51. The molecule has 0 aliphatic carbocycles. The summed E-state index contributed by atoms with van der Waals surface area (Å²) in [5.74, 6) is -9.55. The highest BCUT2D eigenvalue weighted by Crippen LogP contribution is 2.22. The fourth-order valence-corrected chi connectivity index (χ4v) is 4.95. The minimum atomic E-state index is -3.27. The number of unbranched alkanes of at least 4 members (excludes halogenated alkanes) is 2. The molecule has 0 fully saturated rings. The Balaban J connectivity index is 3.08. The first-order valence-corrected chi connectivity index (χ1v) is 10.2. The molecule has 0 radical (unpaired) electrons. The minimum Gasteiger partial charge on any atom is -0.410 e. The fraction of sp³-hybridized carbons (Fsp3) is 0.600. The highest BCUT2D eigenvalue weighted by atomic mass is 28.4. The predicted molar refractivity (Wildman–Crippen MR) is 78.0 cm³/mol. The lowest BCUT2D eigenvalue weighted by atomic mass is 10.1. The van der Waals surface area contributed by atoms with Crippen molar-refractivity contribution in [3.63, 3.8) is 0 Å². The molecule has 0 bridgehead atoms. The van der Waals surface area contributed by atoms with Crippen molar-refractivity contribution in [3.8, 4) is 0 Å². The van der Waals surface area contributed by atoms with Crippen molar-refractivity contribution in [3.05, 3.63) is 29.1 Å². The third kappa shape index (κ3) is 4.07. The minimum absolute atomic E-state index is 0.303. The maximum absolute atomic E-state index is 13.9. The fourth-order valence-electron chi connectivity index (χ4n) is 2.44. The SMILES string of the molecule is CCCCCC(C)O[Si](C)(C)c1c(F)c(F)c(F)c(F)c1F. The first-order valence-electron chi connectivity index (χ1n) is 7.33. The van der Waals surface area contributed by atoms with Gasteiger partial charge in [-0.15, -0.1) is 0 Å². The third-order valence-electron chi connectivity index (χ3n) is 3.52. The Bertz CT molecular complexity index is 504. The van der Waals surface area contributed by atoms with Crippen LogP contribution >= 0.6 is 0 Å². The summed E-state index contributed by atoms with van der Waals surface area (Å²) < 4.78 is 73.2. The van der Waals surface area contributed by atoms with Gasteiger partial charge in [-0.3, -0.25) is 0 Å². The summed E-state index contributed by atoms with van der Waals surface area (Å²) in [7, 11) is -3.27. The summed E-state index contributed by atoms with van der Waals surface area (Å²) in [5, 5.41) is -0.800. The summed E-state index contributed by atoms with van der Waals surface area (Å²) in [6, 6.07) is 0. The van der Waals surface area contributed by atoms with E-state index in [2.05, 4.69) is 0 Å². The van der Waals surface area contributed by atoms with Crippen molar-refractivity contribution in [1.29, 1.82) is 0 Å². The zero-order chi connectivity index (χ0) is 17.1. The van der Waals surface area contributed by atoms with E-state index < -0.39 is 42.6 Å². The van der Waals surface area contributed by atoms with Gasteiger partial charge in [0.25, 0.3) is 0 Å². The first-order chi connectivity index (χ1) is 10.1. The van der Waals surface area contributed by atoms with Crippen LogP contribution in [0, 0.1) is 29.1 Å². The second kappa shape index (κ2) is 7.54. The Hall–Kier alpha value is -0.953. The van der Waals surface area contributed by atoms with Gasteiger partial charge < -0.3 is 4.43 Å². The quantitative estimate of drug-likeness (QED) is 0.228. The van der Waals surface area contributed by atoms with E-state index in [4.69, 9.17) is 4.43 Å². The molecule has 1 aromatic carbocycles. The molecule has 1 atom stereocenters. The van der Waals surface area contributed by atoms with Crippen molar-refractivity contribution >= 4 is 13.5 Å². The predicted octanol–water partition coefficient (Wildman–Crippen LogP) is 4.78. The van der Waals surface area contributed by atoms with Crippen molar-refractivity contribution in [1.82, 2.24) is 0 Å². The zero-order valence-electron chi connectivity index (χ0n) is 13.2. The van der Waals surface area contributed by atoms with Crippen LogP contribution in [0.1, 0.15) is 39.5 Å². The van der Waals surface area contributed by atoms with Crippen LogP contribution in [-0.4, -0.2) is 14.4 Å². The van der Waals surface area contributed by atoms with Crippen LogP contribution < -0.4 is 5.19 Å². The molecule has 126 valence electrons. The number of hydrogen-bond donors (Lipinski definition) is 0. The molecule has 0 saturated heterocycles. The number of rotatable bonds is 7. The lowest BCUT2D eigenvalue weighted by molar-refractivity contribution is 0.201. The van der Waals surface area contributed by atoms with E-state index in [0.717, 1.165) is 19.3 Å². The van der Waals surface area contributed by atoms with Gasteiger partial charge in [0.05, 0.1) is 0 Å². The van der Waals surface area contributed by atoms with Crippen molar-refractivity contribution < 1.29 is 26.4 Å². The Morgan fingerprint density at radius 2 is 1.32 bits per heavy atom. The van der Waals surface area contributed by atoms with Crippen LogP contribution in [0.3, 0.4) is 0 Å². The third-order valence-corrected chi connectivity index (χ3v) is 6.16. The number of halogens is 5. The molecule has 0 N–H and O–H groups in total. The normalized spacial score (nSPS) is 13.5. The molecular formula is C15H21F5OSi. The molecule has 1 aromatic rings. The molecule has 7 heteroatoms. The largest absolute Gasteiger partial charge is 0.410 e. The van der Waals surface area contributed by atoms with Gasteiger partial charge in [0.2, 0.25) is 14.1 Å². The number of hydrogen-bond acceptors (Lipinski definition) is 1. The Labute approximate surface area is 128 Å². The van der Waals surface area contributed by atoms with E-state index in [9.17, 15) is 22.0 Å². The van der Waals surface area contributed by atoms with Gasteiger partial charge in [-0.05, 0) is 26.4 Å². The zero-order valence-corrected chi connectivity index (χ0v) is 14.2. The van der Waals surface area contributed by atoms with Crippen LogP contribution in [-0.2, 0) is 4.43 Å². The molecule has 0 heterocycles. The smallest absolute Gasteiger partial charge is 0.225 e. The Morgan fingerprint density at radius 1 is 0.864 bits per heavy atom. The molecule has 1 rings (SSSR count). The molecule has 0 spiro atoms. The summed E-state index contributed by atoms with van der Waals surface area (Å²) >= 11 is 0. The average Bonchev–Trinajstić information content (AvgIpc) is 2.42. The molecule has 1 unspecified atom stereocenters. The Kier molecular flexibility index (Phi) is 6.55. The van der Waals surface area contributed by atoms with Gasteiger partial charge in [0.15, 0.2) is 23.3 Å². The van der Waals surface area contributed by atoms with Crippen molar-refractivity contribution in [2.24, 2.45) is 0 Å². The van der Waals surface area contributed by atoms with E-state index in [1.165, 1.54) is 13.1 Å². The van der Waals surface area contributed by atoms with E-state index in [-0.39, 0.29) is 6.10 Å². The molecule has 0 aromatic heterocycles. The summed E-state index contributed by atoms with van der Waals surface area (Å²) in [4.78, 5) is 0. The van der Waals surface area contributed by atoms with Crippen molar-refractivity contribution in [2.75, 3.05) is 0 Å². The average molecular weight is 340 g/mol. The van der Waals surface area contributed by atoms with Crippen LogP contribution in [0.25, 0.3) is 0 Å². The molecule has 0 aliphatic heterocycles. The molecule has 0 saturated carbocycles. The molecule has 0 aliphatic rings.